The molecule has 2 aromatic rings. The SMILES string of the molecule is Cn1c2c(c(=O)n(C)c1=O)C(C(F)(F)F)(C(F)(F)F)N=C(c1ccco1)N2. The van der Waals surface area contributed by atoms with Crippen LogP contribution in [-0.2, 0) is 19.6 Å². The summed E-state index contributed by atoms with van der Waals surface area (Å²) >= 11 is 0. The van der Waals surface area contributed by atoms with Gasteiger partial charge in [0.2, 0.25) is 0 Å². The Morgan fingerprint density at radius 3 is 2.15 bits per heavy atom. The van der Waals surface area contributed by atoms with Gasteiger partial charge in [-0.25, -0.2) is 9.79 Å². The van der Waals surface area contributed by atoms with Crippen LogP contribution in [0.2, 0.25) is 0 Å². The standard InChI is InChI=1S/C14H10F6N4O3/c1-23-9-7(10(25)24(2)11(23)26)12(13(15,16)17,14(18,19)20)22-8(21-9)6-4-3-5-27-6/h3-5H,1-2H3,(H,21,22). The molecule has 146 valence electrons. The van der Waals surface area contributed by atoms with Crippen LogP contribution in [0.3, 0.4) is 0 Å². The monoisotopic (exact) mass is 396 g/mol. The molecule has 0 aliphatic carbocycles. The Morgan fingerprint density at radius 2 is 1.67 bits per heavy atom. The zero-order valence-corrected chi connectivity index (χ0v) is 13.6. The van der Waals surface area contributed by atoms with Crippen LogP contribution in [0.15, 0.2) is 37.4 Å². The molecular formula is C14H10F6N4O3. The normalized spacial score (nSPS) is 16.5. The molecule has 0 amide bonds. The van der Waals surface area contributed by atoms with Gasteiger partial charge >= 0.3 is 18.0 Å². The van der Waals surface area contributed by atoms with Crippen LogP contribution in [0.25, 0.3) is 0 Å². The first kappa shape index (κ1) is 18.8. The van der Waals surface area contributed by atoms with Crippen molar-refractivity contribution in [1.29, 1.82) is 0 Å². The maximum atomic E-state index is 13.8. The van der Waals surface area contributed by atoms with Gasteiger partial charge in [0, 0.05) is 14.1 Å². The van der Waals surface area contributed by atoms with Crippen LogP contribution in [-0.4, -0.2) is 27.3 Å². The lowest BCUT2D eigenvalue weighted by Gasteiger charge is -2.38. The third-order valence-corrected chi connectivity index (χ3v) is 4.12. The molecule has 0 aromatic carbocycles. The zero-order chi connectivity index (χ0) is 20.4. The lowest BCUT2D eigenvalue weighted by molar-refractivity contribution is -0.301. The van der Waals surface area contributed by atoms with Gasteiger partial charge in [-0.05, 0) is 12.1 Å². The highest BCUT2D eigenvalue weighted by atomic mass is 19.4. The summed E-state index contributed by atoms with van der Waals surface area (Å²) in [5.41, 5.74) is -9.52. The molecule has 3 heterocycles. The van der Waals surface area contributed by atoms with E-state index in [9.17, 15) is 35.9 Å². The number of hydrogen-bond donors (Lipinski definition) is 1. The number of rotatable bonds is 1. The van der Waals surface area contributed by atoms with E-state index in [0.29, 0.717) is 4.57 Å². The first-order valence-electron chi connectivity index (χ1n) is 7.17. The number of aromatic nitrogens is 2. The smallest absolute Gasteiger partial charge is 0.427 e. The number of nitrogens with zero attached hydrogens (tertiary/aromatic N) is 3. The Balaban J connectivity index is 2.55. The third kappa shape index (κ3) is 2.40. The first-order valence-corrected chi connectivity index (χ1v) is 7.17. The summed E-state index contributed by atoms with van der Waals surface area (Å²) in [4.78, 5) is 27.2. The average molecular weight is 396 g/mol. The molecule has 2 aromatic heterocycles. The Morgan fingerprint density at radius 1 is 1.07 bits per heavy atom. The molecule has 0 bridgehead atoms. The van der Waals surface area contributed by atoms with Crippen molar-refractivity contribution in [3.63, 3.8) is 0 Å². The molecule has 27 heavy (non-hydrogen) atoms. The van der Waals surface area contributed by atoms with Crippen molar-refractivity contribution in [2.75, 3.05) is 5.32 Å². The molecule has 0 saturated carbocycles. The fourth-order valence-electron chi connectivity index (χ4n) is 2.78. The molecule has 0 atom stereocenters. The molecule has 1 aliphatic heterocycles. The average Bonchev–Trinajstić information content (AvgIpc) is 3.09. The number of nitrogens with one attached hydrogen (secondary N) is 1. The molecule has 0 fully saturated rings. The van der Waals surface area contributed by atoms with Crippen molar-refractivity contribution in [1.82, 2.24) is 9.13 Å². The summed E-state index contributed by atoms with van der Waals surface area (Å²) in [6.07, 6.45) is -11.1. The van der Waals surface area contributed by atoms with E-state index >= 15 is 0 Å². The molecule has 0 saturated heterocycles. The fourth-order valence-corrected chi connectivity index (χ4v) is 2.78. The number of anilines is 1. The summed E-state index contributed by atoms with van der Waals surface area (Å²) < 4.78 is 88.3. The number of furan rings is 1. The van der Waals surface area contributed by atoms with E-state index in [4.69, 9.17) is 4.42 Å². The largest absolute Gasteiger partial charge is 0.461 e. The number of halogens is 6. The second-order valence-electron chi connectivity index (χ2n) is 5.70. The Kier molecular flexibility index (Phi) is 3.83. The van der Waals surface area contributed by atoms with Gasteiger partial charge in [0.05, 0.1) is 6.26 Å². The first-order chi connectivity index (χ1) is 12.3. The molecule has 7 nitrogen and oxygen atoms in total. The van der Waals surface area contributed by atoms with E-state index in [-0.39, 0.29) is 4.57 Å². The van der Waals surface area contributed by atoms with Gasteiger partial charge in [-0.2, -0.15) is 26.3 Å². The molecule has 1 N–H and O–H groups in total. The highest BCUT2D eigenvalue weighted by molar-refractivity contribution is 6.08. The van der Waals surface area contributed by atoms with Gasteiger partial charge in [-0.1, -0.05) is 0 Å². The van der Waals surface area contributed by atoms with Gasteiger partial charge in [0.15, 0.2) is 11.6 Å². The van der Waals surface area contributed by atoms with Crippen molar-refractivity contribution in [3.05, 3.63) is 50.6 Å². The number of fused-ring (bicyclic) bond motifs is 1. The van der Waals surface area contributed by atoms with Crippen molar-refractivity contribution in [2.45, 2.75) is 17.9 Å². The van der Waals surface area contributed by atoms with Crippen LogP contribution in [0, 0.1) is 0 Å². The van der Waals surface area contributed by atoms with Crippen LogP contribution in [0.4, 0.5) is 32.2 Å². The van der Waals surface area contributed by atoms with Crippen molar-refractivity contribution < 1.29 is 30.8 Å². The third-order valence-electron chi connectivity index (χ3n) is 4.12. The van der Waals surface area contributed by atoms with E-state index in [1.54, 1.807) is 0 Å². The molecule has 0 spiro atoms. The van der Waals surface area contributed by atoms with E-state index in [1.807, 2.05) is 0 Å². The van der Waals surface area contributed by atoms with Crippen LogP contribution >= 0.6 is 0 Å². The predicted molar refractivity (Wildman–Crippen MR) is 79.6 cm³/mol. The van der Waals surface area contributed by atoms with E-state index in [1.165, 1.54) is 6.07 Å². The van der Waals surface area contributed by atoms with Crippen LogP contribution in [0.5, 0.6) is 0 Å². The minimum Gasteiger partial charge on any atom is -0.461 e. The van der Waals surface area contributed by atoms with Crippen molar-refractivity contribution >= 4 is 11.7 Å². The van der Waals surface area contributed by atoms with Crippen molar-refractivity contribution in [3.8, 4) is 0 Å². The molecule has 13 heteroatoms. The van der Waals surface area contributed by atoms with Crippen molar-refractivity contribution in [2.24, 2.45) is 19.1 Å². The molecule has 0 unspecified atom stereocenters. The highest BCUT2D eigenvalue weighted by Gasteiger charge is 2.75. The minimum absolute atomic E-state index is 0.153. The summed E-state index contributed by atoms with van der Waals surface area (Å²) in [5.74, 6) is -2.34. The number of aliphatic imine (C=N–C) groups is 1. The minimum atomic E-state index is -6.04. The van der Waals surface area contributed by atoms with Gasteiger partial charge in [0.25, 0.3) is 11.1 Å². The lowest BCUT2D eigenvalue weighted by Crippen LogP contribution is -2.60. The van der Waals surface area contributed by atoms with E-state index in [2.05, 4.69) is 10.3 Å². The number of hydrogen-bond acceptors (Lipinski definition) is 5. The van der Waals surface area contributed by atoms with Gasteiger partial charge in [-0.3, -0.25) is 13.9 Å². The highest BCUT2D eigenvalue weighted by Crippen LogP contribution is 2.55. The Hall–Kier alpha value is -2.99. The van der Waals surface area contributed by atoms with E-state index < -0.39 is 52.1 Å². The van der Waals surface area contributed by atoms with Crippen LogP contribution in [0.1, 0.15) is 11.3 Å². The van der Waals surface area contributed by atoms with E-state index in [0.717, 1.165) is 26.4 Å². The summed E-state index contributed by atoms with van der Waals surface area (Å²) in [5, 5.41) is 2.18. The second-order valence-corrected chi connectivity index (χ2v) is 5.70. The van der Waals surface area contributed by atoms with Gasteiger partial charge in [-0.15, -0.1) is 0 Å². The molecule has 3 rings (SSSR count). The van der Waals surface area contributed by atoms with Gasteiger partial charge < -0.3 is 9.73 Å². The lowest BCUT2D eigenvalue weighted by atomic mass is 9.88. The quantitative estimate of drug-likeness (QED) is 0.747. The summed E-state index contributed by atoms with van der Waals surface area (Å²) in [6, 6.07) is 2.30. The number of alkyl halides is 6. The van der Waals surface area contributed by atoms with Crippen LogP contribution < -0.4 is 16.6 Å². The number of amidine groups is 1. The molecule has 1 aliphatic rings. The maximum Gasteiger partial charge on any atom is 0.427 e. The fraction of sp³-hybridized carbons (Fsp3) is 0.357. The topological polar surface area (TPSA) is 81.5 Å². The second kappa shape index (κ2) is 5.50. The molecular weight excluding hydrogens is 386 g/mol. The molecule has 0 radical (unpaired) electrons. The zero-order valence-electron chi connectivity index (χ0n) is 13.6. The predicted octanol–water partition coefficient (Wildman–Crippen LogP) is 1.87. The van der Waals surface area contributed by atoms with Gasteiger partial charge in [0.1, 0.15) is 11.4 Å². The Bertz CT molecular complexity index is 1030. The Labute approximate surface area is 145 Å². The maximum absolute atomic E-state index is 13.8. The summed E-state index contributed by atoms with van der Waals surface area (Å²) in [6.45, 7) is 0. The summed E-state index contributed by atoms with van der Waals surface area (Å²) in [7, 11) is 1.70.